The van der Waals surface area contributed by atoms with Crippen LogP contribution >= 0.6 is 0 Å². The third-order valence-corrected chi connectivity index (χ3v) is 4.67. The molecule has 28 heavy (non-hydrogen) atoms. The standard InChI is InChI=1S/C21H22N6O/c1-21(2,12-22)27-20-17(19(23)24-13-25-20)18(26-27)14-8-10-16(11-9-14)28-15-6-4-3-5-7-15/h3-11,13H,12,22H2,1-2H3,(H2,23,24,25). The second-order valence-corrected chi connectivity index (χ2v) is 7.17. The Balaban J connectivity index is 1.77. The molecule has 0 atom stereocenters. The van der Waals surface area contributed by atoms with Gasteiger partial charge < -0.3 is 16.2 Å². The molecular formula is C21H22N6O. The number of benzene rings is 2. The number of hydrogen-bond donors (Lipinski definition) is 2. The highest BCUT2D eigenvalue weighted by atomic mass is 16.5. The number of para-hydroxylation sites is 1. The monoisotopic (exact) mass is 374 g/mol. The first-order chi connectivity index (χ1) is 13.5. The van der Waals surface area contributed by atoms with Crippen LogP contribution in [0.2, 0.25) is 0 Å². The van der Waals surface area contributed by atoms with Gasteiger partial charge in [0.1, 0.15) is 29.3 Å². The Kier molecular flexibility index (Phi) is 4.44. The normalized spacial score (nSPS) is 11.7. The molecule has 0 aliphatic rings. The van der Waals surface area contributed by atoms with Crippen LogP contribution in [0.25, 0.3) is 22.3 Å². The fraction of sp³-hybridized carbons (Fsp3) is 0.190. The zero-order valence-electron chi connectivity index (χ0n) is 15.8. The van der Waals surface area contributed by atoms with Gasteiger partial charge in [0.15, 0.2) is 5.65 Å². The van der Waals surface area contributed by atoms with Crippen molar-refractivity contribution in [2.75, 3.05) is 12.3 Å². The number of rotatable bonds is 5. The average Bonchev–Trinajstić information content (AvgIpc) is 3.11. The van der Waals surface area contributed by atoms with E-state index in [2.05, 4.69) is 9.97 Å². The number of nitrogens with two attached hydrogens (primary N) is 2. The summed E-state index contributed by atoms with van der Waals surface area (Å²) in [4.78, 5) is 8.55. The molecule has 7 nitrogen and oxygen atoms in total. The van der Waals surface area contributed by atoms with Crippen LogP contribution in [0.4, 0.5) is 5.82 Å². The third-order valence-electron chi connectivity index (χ3n) is 4.67. The summed E-state index contributed by atoms with van der Waals surface area (Å²) in [5.41, 5.74) is 14.0. The van der Waals surface area contributed by atoms with Crippen LogP contribution in [-0.2, 0) is 5.54 Å². The van der Waals surface area contributed by atoms with Crippen LogP contribution in [0.1, 0.15) is 13.8 Å². The number of fused-ring (bicyclic) bond motifs is 1. The fourth-order valence-corrected chi connectivity index (χ4v) is 2.99. The van der Waals surface area contributed by atoms with Crippen LogP contribution < -0.4 is 16.2 Å². The number of hydrogen-bond acceptors (Lipinski definition) is 6. The summed E-state index contributed by atoms with van der Waals surface area (Å²) in [6, 6.07) is 17.4. The molecule has 0 bridgehead atoms. The summed E-state index contributed by atoms with van der Waals surface area (Å²) >= 11 is 0. The van der Waals surface area contributed by atoms with Crippen LogP contribution in [0, 0.1) is 0 Å². The van der Waals surface area contributed by atoms with Gasteiger partial charge in [-0.1, -0.05) is 18.2 Å². The number of nitrogen functional groups attached to an aromatic ring is 1. The van der Waals surface area contributed by atoms with Crippen LogP contribution in [-0.4, -0.2) is 26.3 Å². The van der Waals surface area contributed by atoms with Crippen LogP contribution in [0.5, 0.6) is 11.5 Å². The van der Waals surface area contributed by atoms with Crippen LogP contribution in [0.3, 0.4) is 0 Å². The van der Waals surface area contributed by atoms with Crippen molar-refractivity contribution in [1.82, 2.24) is 19.7 Å². The van der Waals surface area contributed by atoms with Crippen molar-refractivity contribution in [2.24, 2.45) is 5.73 Å². The zero-order chi connectivity index (χ0) is 19.7. The topological polar surface area (TPSA) is 105 Å². The van der Waals surface area contributed by atoms with E-state index in [-0.39, 0.29) is 0 Å². The smallest absolute Gasteiger partial charge is 0.164 e. The minimum absolute atomic E-state index is 0.392. The lowest BCUT2D eigenvalue weighted by atomic mass is 10.1. The number of anilines is 1. The van der Waals surface area contributed by atoms with Gasteiger partial charge in [0, 0.05) is 12.1 Å². The highest BCUT2D eigenvalue weighted by molar-refractivity contribution is 5.98. The summed E-state index contributed by atoms with van der Waals surface area (Å²) in [5.74, 6) is 1.92. The molecule has 2 aromatic carbocycles. The number of nitrogens with zero attached hydrogens (tertiary/aromatic N) is 4. The maximum Gasteiger partial charge on any atom is 0.164 e. The first-order valence-electron chi connectivity index (χ1n) is 9.03. The maximum atomic E-state index is 6.16. The average molecular weight is 374 g/mol. The van der Waals surface area contributed by atoms with Crippen molar-refractivity contribution >= 4 is 16.9 Å². The quantitative estimate of drug-likeness (QED) is 0.553. The first-order valence-corrected chi connectivity index (χ1v) is 9.03. The molecule has 0 saturated carbocycles. The van der Waals surface area contributed by atoms with Crippen LogP contribution in [0.15, 0.2) is 60.9 Å². The SMILES string of the molecule is CC(C)(CN)n1nc(-c2ccc(Oc3ccccc3)cc2)c2c(N)ncnc21. The van der Waals surface area contributed by atoms with Crippen molar-refractivity contribution in [2.45, 2.75) is 19.4 Å². The predicted molar refractivity (Wildman–Crippen MR) is 110 cm³/mol. The fourth-order valence-electron chi connectivity index (χ4n) is 2.99. The van der Waals surface area contributed by atoms with Crippen molar-refractivity contribution in [1.29, 1.82) is 0 Å². The Morgan fingerprint density at radius 3 is 2.32 bits per heavy atom. The summed E-state index contributed by atoms with van der Waals surface area (Å²) < 4.78 is 7.69. The largest absolute Gasteiger partial charge is 0.457 e. The Labute approximate surface area is 163 Å². The highest BCUT2D eigenvalue weighted by Crippen LogP contribution is 2.34. The number of aromatic nitrogens is 4. The molecule has 4 rings (SSSR count). The van der Waals surface area contributed by atoms with Gasteiger partial charge in [-0.15, -0.1) is 0 Å². The van der Waals surface area contributed by atoms with Gasteiger partial charge in [-0.2, -0.15) is 5.10 Å². The van der Waals surface area contributed by atoms with E-state index in [9.17, 15) is 0 Å². The molecule has 0 amide bonds. The zero-order valence-corrected chi connectivity index (χ0v) is 15.8. The molecule has 0 aliphatic heterocycles. The second-order valence-electron chi connectivity index (χ2n) is 7.17. The minimum atomic E-state index is -0.409. The van der Waals surface area contributed by atoms with Gasteiger partial charge >= 0.3 is 0 Å². The van der Waals surface area contributed by atoms with E-state index >= 15 is 0 Å². The molecule has 7 heteroatoms. The molecule has 0 unspecified atom stereocenters. The molecule has 0 aliphatic carbocycles. The van der Waals surface area contributed by atoms with Gasteiger partial charge in [0.25, 0.3) is 0 Å². The van der Waals surface area contributed by atoms with Crippen molar-refractivity contribution in [3.63, 3.8) is 0 Å². The molecule has 0 saturated heterocycles. The van der Waals surface area contributed by atoms with E-state index in [1.165, 1.54) is 6.33 Å². The molecule has 4 N–H and O–H groups in total. The van der Waals surface area contributed by atoms with E-state index in [4.69, 9.17) is 21.3 Å². The van der Waals surface area contributed by atoms with Gasteiger partial charge in [-0.3, -0.25) is 0 Å². The predicted octanol–water partition coefficient (Wildman–Crippen LogP) is 3.56. The Morgan fingerprint density at radius 2 is 1.64 bits per heavy atom. The van der Waals surface area contributed by atoms with E-state index < -0.39 is 5.54 Å². The molecule has 4 aromatic rings. The lowest BCUT2D eigenvalue weighted by Gasteiger charge is -2.23. The number of ether oxygens (including phenoxy) is 1. The van der Waals surface area contributed by atoms with Gasteiger partial charge in [-0.05, 0) is 50.2 Å². The summed E-state index contributed by atoms with van der Waals surface area (Å²) in [6.07, 6.45) is 1.45. The molecule has 142 valence electrons. The third kappa shape index (κ3) is 3.16. The second kappa shape index (κ2) is 6.94. The summed E-state index contributed by atoms with van der Waals surface area (Å²) in [6.45, 7) is 4.44. The lowest BCUT2D eigenvalue weighted by molar-refractivity contribution is 0.340. The Bertz CT molecular complexity index is 1100. The Hall–Kier alpha value is -3.45. The highest BCUT2D eigenvalue weighted by Gasteiger charge is 2.26. The minimum Gasteiger partial charge on any atom is -0.457 e. The first kappa shape index (κ1) is 17.9. The van der Waals surface area contributed by atoms with Crippen molar-refractivity contribution < 1.29 is 4.74 Å². The molecule has 0 spiro atoms. The van der Waals surface area contributed by atoms with Crippen molar-refractivity contribution in [3.8, 4) is 22.8 Å². The van der Waals surface area contributed by atoms with Gasteiger partial charge in [0.2, 0.25) is 0 Å². The molecular weight excluding hydrogens is 352 g/mol. The summed E-state index contributed by atoms with van der Waals surface area (Å²) in [5, 5.41) is 5.51. The molecule has 0 radical (unpaired) electrons. The van der Waals surface area contributed by atoms with Crippen molar-refractivity contribution in [3.05, 3.63) is 60.9 Å². The summed E-state index contributed by atoms with van der Waals surface area (Å²) in [7, 11) is 0. The van der Waals surface area contributed by atoms with E-state index in [0.29, 0.717) is 18.0 Å². The van der Waals surface area contributed by atoms with E-state index in [1.54, 1.807) is 0 Å². The van der Waals surface area contributed by atoms with Gasteiger partial charge in [-0.25, -0.2) is 14.6 Å². The maximum absolute atomic E-state index is 6.16. The molecule has 2 aromatic heterocycles. The Morgan fingerprint density at radius 1 is 0.964 bits per heavy atom. The molecule has 2 heterocycles. The van der Waals surface area contributed by atoms with Gasteiger partial charge in [0.05, 0.1) is 10.9 Å². The molecule has 0 fully saturated rings. The van der Waals surface area contributed by atoms with E-state index in [1.807, 2.05) is 73.1 Å². The van der Waals surface area contributed by atoms with E-state index in [0.717, 1.165) is 28.1 Å². The lowest BCUT2D eigenvalue weighted by Crippen LogP contribution is -2.36.